The first-order chi connectivity index (χ1) is 11.2. The number of pyridine rings is 1. The minimum atomic E-state index is -0.0743. The van der Waals surface area contributed by atoms with Gasteiger partial charge in [-0.05, 0) is 50.6 Å². The zero-order valence-corrected chi connectivity index (χ0v) is 14.2. The van der Waals surface area contributed by atoms with E-state index in [9.17, 15) is 4.79 Å². The van der Waals surface area contributed by atoms with Crippen molar-refractivity contribution < 1.29 is 9.21 Å². The standard InChI is InChI=1S/C17H21N3O2S/c1-10-7-11-3-5-20(10)9-14(11)18-16(21)13-8-12-4-6-22-15(12)17(19-13)23-2/h4,6,8,10-11,14H,3,5,7,9H2,1-2H3,(H,18,21). The molecule has 6 heteroatoms. The summed E-state index contributed by atoms with van der Waals surface area (Å²) in [6.45, 7) is 4.40. The molecule has 2 bridgehead atoms. The van der Waals surface area contributed by atoms with Crippen molar-refractivity contribution in [1.29, 1.82) is 0 Å². The van der Waals surface area contributed by atoms with Crippen LogP contribution in [0.2, 0.25) is 0 Å². The summed E-state index contributed by atoms with van der Waals surface area (Å²) in [4.78, 5) is 19.6. The van der Waals surface area contributed by atoms with Crippen molar-refractivity contribution in [3.8, 4) is 0 Å². The van der Waals surface area contributed by atoms with E-state index in [1.54, 1.807) is 6.26 Å². The van der Waals surface area contributed by atoms with Gasteiger partial charge in [0.05, 0.1) is 6.26 Å². The third-order valence-corrected chi connectivity index (χ3v) is 5.86. The molecule has 3 fully saturated rings. The lowest BCUT2D eigenvalue weighted by atomic mass is 9.80. The van der Waals surface area contributed by atoms with Crippen LogP contribution in [0.25, 0.3) is 11.0 Å². The molecule has 5 rings (SSSR count). The average molecular weight is 331 g/mol. The second-order valence-electron chi connectivity index (χ2n) is 6.56. The molecule has 3 aliphatic rings. The third kappa shape index (κ3) is 2.64. The van der Waals surface area contributed by atoms with Crippen LogP contribution < -0.4 is 5.32 Å². The zero-order chi connectivity index (χ0) is 16.0. The van der Waals surface area contributed by atoms with Gasteiger partial charge >= 0.3 is 0 Å². The number of hydrogen-bond donors (Lipinski definition) is 1. The topological polar surface area (TPSA) is 58.4 Å². The Morgan fingerprint density at radius 1 is 1.52 bits per heavy atom. The molecule has 3 aliphatic heterocycles. The molecule has 1 N–H and O–H groups in total. The number of fused-ring (bicyclic) bond motifs is 4. The normalized spacial score (nSPS) is 29.8. The Morgan fingerprint density at radius 3 is 3.09 bits per heavy atom. The van der Waals surface area contributed by atoms with Gasteiger partial charge in [-0.3, -0.25) is 9.69 Å². The first kappa shape index (κ1) is 15.0. The van der Waals surface area contributed by atoms with E-state index in [0.29, 0.717) is 17.7 Å². The lowest BCUT2D eigenvalue weighted by Crippen LogP contribution is -2.60. The van der Waals surface area contributed by atoms with E-state index < -0.39 is 0 Å². The molecule has 5 nitrogen and oxygen atoms in total. The first-order valence-electron chi connectivity index (χ1n) is 8.13. The average Bonchev–Trinajstić information content (AvgIpc) is 3.03. The summed E-state index contributed by atoms with van der Waals surface area (Å²) in [7, 11) is 0. The number of piperidine rings is 3. The van der Waals surface area contributed by atoms with Crippen LogP contribution in [-0.2, 0) is 0 Å². The Kier molecular flexibility index (Phi) is 3.81. The van der Waals surface area contributed by atoms with Crippen LogP contribution in [0.3, 0.4) is 0 Å². The Labute approximate surface area is 139 Å². The van der Waals surface area contributed by atoms with Gasteiger partial charge < -0.3 is 9.73 Å². The minimum absolute atomic E-state index is 0.0743. The predicted octanol–water partition coefficient (Wildman–Crippen LogP) is 2.76. The molecule has 0 spiro atoms. The molecule has 3 saturated heterocycles. The molecule has 5 heterocycles. The highest BCUT2D eigenvalue weighted by molar-refractivity contribution is 7.98. The molecule has 0 aromatic carbocycles. The number of furan rings is 1. The maximum Gasteiger partial charge on any atom is 0.270 e. The summed E-state index contributed by atoms with van der Waals surface area (Å²) in [5, 5.41) is 4.90. The largest absolute Gasteiger partial charge is 0.461 e. The lowest BCUT2D eigenvalue weighted by molar-refractivity contribution is 0.0273. The highest BCUT2D eigenvalue weighted by atomic mass is 32.2. The molecule has 4 atom stereocenters. The molecule has 0 radical (unpaired) electrons. The van der Waals surface area contributed by atoms with Crippen molar-refractivity contribution in [2.75, 3.05) is 19.3 Å². The van der Waals surface area contributed by atoms with Crippen LogP contribution in [0.5, 0.6) is 0 Å². The van der Waals surface area contributed by atoms with Gasteiger partial charge in [0, 0.05) is 24.0 Å². The number of hydrogen-bond acceptors (Lipinski definition) is 5. The fourth-order valence-electron chi connectivity index (χ4n) is 3.90. The van der Waals surface area contributed by atoms with Crippen LogP contribution in [0.1, 0.15) is 30.3 Å². The first-order valence-corrected chi connectivity index (χ1v) is 9.35. The van der Waals surface area contributed by atoms with Gasteiger partial charge in [0.2, 0.25) is 0 Å². The van der Waals surface area contributed by atoms with E-state index in [1.807, 2.05) is 18.4 Å². The predicted molar refractivity (Wildman–Crippen MR) is 90.8 cm³/mol. The Bertz CT molecular complexity index is 745. The molecule has 0 aliphatic carbocycles. The number of thioether (sulfide) groups is 1. The zero-order valence-electron chi connectivity index (χ0n) is 13.4. The number of carbonyl (C=O) groups is 1. The van der Waals surface area contributed by atoms with Crippen molar-refractivity contribution in [3.05, 3.63) is 24.1 Å². The third-order valence-electron chi connectivity index (χ3n) is 5.20. The van der Waals surface area contributed by atoms with Crippen LogP contribution in [0, 0.1) is 5.92 Å². The SMILES string of the molecule is CSc1nc(C(=O)NC2CN3CCC2CC3C)cc2ccoc12. The van der Waals surface area contributed by atoms with Crippen LogP contribution >= 0.6 is 11.8 Å². The number of nitrogens with one attached hydrogen (secondary N) is 1. The maximum absolute atomic E-state index is 12.7. The van der Waals surface area contributed by atoms with E-state index in [1.165, 1.54) is 24.6 Å². The second kappa shape index (κ2) is 5.83. The quantitative estimate of drug-likeness (QED) is 0.877. The molecule has 2 aromatic heterocycles. The lowest BCUT2D eigenvalue weighted by Gasteiger charge is -2.48. The fraction of sp³-hybridized carbons (Fsp3) is 0.529. The van der Waals surface area contributed by atoms with Gasteiger partial charge in [-0.1, -0.05) is 0 Å². The van der Waals surface area contributed by atoms with Crippen molar-refractivity contribution in [2.45, 2.75) is 36.9 Å². The number of carbonyl (C=O) groups excluding carboxylic acids is 1. The smallest absolute Gasteiger partial charge is 0.270 e. The summed E-state index contributed by atoms with van der Waals surface area (Å²) < 4.78 is 5.45. The highest BCUT2D eigenvalue weighted by Gasteiger charge is 2.38. The van der Waals surface area contributed by atoms with E-state index in [0.717, 1.165) is 29.1 Å². The van der Waals surface area contributed by atoms with Crippen LogP contribution in [0.15, 0.2) is 27.8 Å². The highest BCUT2D eigenvalue weighted by Crippen LogP contribution is 2.32. The molecule has 4 unspecified atom stereocenters. The number of aromatic nitrogens is 1. The molecular weight excluding hydrogens is 310 g/mol. The number of nitrogens with zero attached hydrogens (tertiary/aromatic N) is 2. The molecule has 23 heavy (non-hydrogen) atoms. The van der Waals surface area contributed by atoms with E-state index >= 15 is 0 Å². The Balaban J connectivity index is 1.55. The number of amides is 1. The summed E-state index contributed by atoms with van der Waals surface area (Å²) >= 11 is 1.50. The summed E-state index contributed by atoms with van der Waals surface area (Å²) in [5.41, 5.74) is 1.23. The molecule has 122 valence electrons. The molecular formula is C17H21N3O2S. The van der Waals surface area contributed by atoms with E-state index in [2.05, 4.69) is 22.1 Å². The molecule has 2 aromatic rings. The van der Waals surface area contributed by atoms with Crippen molar-refractivity contribution in [2.24, 2.45) is 5.92 Å². The fourth-order valence-corrected chi connectivity index (χ4v) is 4.44. The van der Waals surface area contributed by atoms with Gasteiger partial charge in [-0.15, -0.1) is 11.8 Å². The molecule has 0 saturated carbocycles. The van der Waals surface area contributed by atoms with Gasteiger partial charge in [0.1, 0.15) is 10.7 Å². The Morgan fingerprint density at radius 2 is 2.39 bits per heavy atom. The van der Waals surface area contributed by atoms with Crippen molar-refractivity contribution in [3.63, 3.8) is 0 Å². The van der Waals surface area contributed by atoms with Gasteiger partial charge in [0.25, 0.3) is 5.91 Å². The molecule has 1 amide bonds. The van der Waals surface area contributed by atoms with Crippen LogP contribution in [0.4, 0.5) is 0 Å². The summed E-state index contributed by atoms with van der Waals surface area (Å²) in [5.74, 6) is 0.520. The monoisotopic (exact) mass is 331 g/mol. The van der Waals surface area contributed by atoms with Crippen molar-refractivity contribution >= 4 is 28.6 Å². The van der Waals surface area contributed by atoms with Gasteiger partial charge in [-0.2, -0.15) is 0 Å². The van der Waals surface area contributed by atoms with E-state index in [-0.39, 0.29) is 11.9 Å². The van der Waals surface area contributed by atoms with Gasteiger partial charge in [0.15, 0.2) is 5.58 Å². The number of rotatable bonds is 3. The van der Waals surface area contributed by atoms with Crippen LogP contribution in [-0.4, -0.2) is 47.2 Å². The Hall–Kier alpha value is -1.53. The minimum Gasteiger partial charge on any atom is -0.461 e. The van der Waals surface area contributed by atoms with Crippen molar-refractivity contribution in [1.82, 2.24) is 15.2 Å². The summed E-state index contributed by atoms with van der Waals surface area (Å²) in [6.07, 6.45) is 5.94. The van der Waals surface area contributed by atoms with Gasteiger partial charge in [-0.25, -0.2) is 4.98 Å². The van der Waals surface area contributed by atoms with E-state index in [4.69, 9.17) is 4.42 Å². The second-order valence-corrected chi connectivity index (χ2v) is 7.36. The summed E-state index contributed by atoms with van der Waals surface area (Å²) in [6, 6.07) is 4.58. The maximum atomic E-state index is 12.7.